The van der Waals surface area contributed by atoms with Crippen LogP contribution in [0.4, 0.5) is 8.78 Å². The Hall–Kier alpha value is -1.45. The van der Waals surface area contributed by atoms with Gasteiger partial charge in [-0.1, -0.05) is 48.8 Å². The van der Waals surface area contributed by atoms with Crippen molar-refractivity contribution in [3.05, 3.63) is 35.5 Å². The Bertz CT molecular complexity index is 542. The molecule has 0 fully saturated rings. The molecule has 128 valence electrons. The number of rotatable bonds is 7. The number of carbonyl (C=O) groups is 1. The average Bonchev–Trinajstić information content (AvgIpc) is 2.94. The standard InChI is InChI=1S/C19H26F2O2/c1-4-8-19(13(2)5-6-14(19)3)15-7-9-18(10-15,11-16(20)21)12-17(22)23/h5-7,9,15-16H,4,8,10-12H2,1-3H3,(H,22,23). The van der Waals surface area contributed by atoms with Crippen molar-refractivity contribution >= 4 is 5.97 Å². The fraction of sp³-hybridized carbons (Fsp3) is 0.632. The Kier molecular flexibility index (Phi) is 5.12. The molecular formula is C19H26F2O2. The number of allylic oxidation sites excluding steroid dienone is 6. The first-order valence-corrected chi connectivity index (χ1v) is 8.31. The van der Waals surface area contributed by atoms with Crippen LogP contribution in [0.25, 0.3) is 0 Å². The van der Waals surface area contributed by atoms with Crippen LogP contribution in [0.5, 0.6) is 0 Å². The number of carboxylic acids is 1. The van der Waals surface area contributed by atoms with Gasteiger partial charge in [0.25, 0.3) is 0 Å². The third-order valence-electron chi connectivity index (χ3n) is 5.64. The van der Waals surface area contributed by atoms with Gasteiger partial charge in [0.1, 0.15) is 0 Å². The Balaban J connectivity index is 2.32. The first-order chi connectivity index (χ1) is 10.8. The molecule has 0 aromatic carbocycles. The summed E-state index contributed by atoms with van der Waals surface area (Å²) in [4.78, 5) is 11.2. The summed E-state index contributed by atoms with van der Waals surface area (Å²) in [5.74, 6) is -0.915. The van der Waals surface area contributed by atoms with E-state index in [1.165, 1.54) is 11.1 Å². The zero-order chi connectivity index (χ0) is 17.3. The van der Waals surface area contributed by atoms with Crippen LogP contribution in [0.1, 0.15) is 52.9 Å². The third-order valence-corrected chi connectivity index (χ3v) is 5.64. The lowest BCUT2D eigenvalue weighted by atomic mass is 9.63. The minimum atomic E-state index is -2.49. The maximum absolute atomic E-state index is 13.0. The lowest BCUT2D eigenvalue weighted by Crippen LogP contribution is -2.33. The van der Waals surface area contributed by atoms with E-state index in [-0.39, 0.29) is 24.2 Å². The number of halogens is 2. The van der Waals surface area contributed by atoms with Crippen LogP contribution in [0.3, 0.4) is 0 Å². The lowest BCUT2D eigenvalue weighted by molar-refractivity contribution is -0.139. The van der Waals surface area contributed by atoms with Gasteiger partial charge in [0.05, 0.1) is 6.42 Å². The molecule has 2 aliphatic carbocycles. The minimum absolute atomic E-state index is 0.0931. The molecule has 0 saturated carbocycles. The maximum Gasteiger partial charge on any atom is 0.304 e. The van der Waals surface area contributed by atoms with E-state index in [2.05, 4.69) is 32.9 Å². The molecule has 4 heteroatoms. The Morgan fingerprint density at radius 3 is 2.43 bits per heavy atom. The summed E-state index contributed by atoms with van der Waals surface area (Å²) in [6.45, 7) is 6.32. The van der Waals surface area contributed by atoms with E-state index in [9.17, 15) is 18.7 Å². The van der Waals surface area contributed by atoms with Crippen LogP contribution in [-0.4, -0.2) is 17.5 Å². The molecule has 2 unspecified atom stereocenters. The monoisotopic (exact) mass is 324 g/mol. The molecule has 23 heavy (non-hydrogen) atoms. The summed E-state index contributed by atoms with van der Waals surface area (Å²) in [7, 11) is 0. The molecule has 2 rings (SSSR count). The van der Waals surface area contributed by atoms with Crippen LogP contribution < -0.4 is 0 Å². The largest absolute Gasteiger partial charge is 0.481 e. The molecular weight excluding hydrogens is 298 g/mol. The second-order valence-corrected chi connectivity index (χ2v) is 7.12. The predicted molar refractivity (Wildman–Crippen MR) is 87.4 cm³/mol. The molecule has 2 nitrogen and oxygen atoms in total. The highest BCUT2D eigenvalue weighted by Gasteiger charge is 2.49. The van der Waals surface area contributed by atoms with E-state index in [4.69, 9.17) is 0 Å². The first kappa shape index (κ1) is 17.9. The Labute approximate surface area is 137 Å². The highest BCUT2D eigenvalue weighted by atomic mass is 19.3. The summed E-state index contributed by atoms with van der Waals surface area (Å²) in [6, 6.07) is 0. The second kappa shape index (κ2) is 6.58. The van der Waals surface area contributed by atoms with Crippen LogP contribution in [-0.2, 0) is 4.79 Å². The number of carboxylic acid groups (broad SMARTS) is 1. The number of aliphatic carboxylic acids is 1. The normalized spacial score (nSPS) is 29.0. The van der Waals surface area contributed by atoms with Gasteiger partial charge in [-0.05, 0) is 32.6 Å². The molecule has 0 bridgehead atoms. The van der Waals surface area contributed by atoms with E-state index >= 15 is 0 Å². The van der Waals surface area contributed by atoms with Crippen molar-refractivity contribution in [2.24, 2.45) is 16.7 Å². The van der Waals surface area contributed by atoms with Crippen molar-refractivity contribution in [2.45, 2.75) is 59.3 Å². The molecule has 0 amide bonds. The Morgan fingerprint density at radius 1 is 1.35 bits per heavy atom. The van der Waals surface area contributed by atoms with Crippen molar-refractivity contribution in [1.29, 1.82) is 0 Å². The summed E-state index contributed by atoms with van der Waals surface area (Å²) in [6.07, 6.45) is 7.35. The minimum Gasteiger partial charge on any atom is -0.481 e. The highest BCUT2D eigenvalue weighted by Crippen LogP contribution is 2.57. The van der Waals surface area contributed by atoms with E-state index in [1.807, 2.05) is 6.08 Å². The summed E-state index contributed by atoms with van der Waals surface area (Å²) < 4.78 is 26.1. The zero-order valence-corrected chi connectivity index (χ0v) is 14.1. The molecule has 2 atom stereocenters. The molecule has 0 spiro atoms. The maximum atomic E-state index is 13.0. The molecule has 0 aromatic heterocycles. The SMILES string of the molecule is CCCC1(C2C=CC(CC(=O)O)(CC(F)F)C2)C(C)=CC=C1C. The van der Waals surface area contributed by atoms with Crippen LogP contribution in [0.15, 0.2) is 35.5 Å². The third kappa shape index (κ3) is 3.26. The predicted octanol–water partition coefficient (Wildman–Crippen LogP) is 5.37. The van der Waals surface area contributed by atoms with E-state index in [0.717, 1.165) is 12.8 Å². The molecule has 0 heterocycles. The number of alkyl halides is 2. The topological polar surface area (TPSA) is 37.3 Å². The molecule has 0 radical (unpaired) electrons. The number of hydrogen-bond donors (Lipinski definition) is 1. The zero-order valence-electron chi connectivity index (χ0n) is 14.1. The van der Waals surface area contributed by atoms with Gasteiger partial charge in [-0.2, -0.15) is 0 Å². The van der Waals surface area contributed by atoms with Crippen molar-refractivity contribution in [2.75, 3.05) is 0 Å². The van der Waals surface area contributed by atoms with Gasteiger partial charge in [0, 0.05) is 17.3 Å². The van der Waals surface area contributed by atoms with Gasteiger partial charge in [-0.15, -0.1) is 0 Å². The Morgan fingerprint density at radius 2 is 1.96 bits per heavy atom. The fourth-order valence-corrected chi connectivity index (χ4v) is 4.61. The smallest absolute Gasteiger partial charge is 0.304 e. The van der Waals surface area contributed by atoms with E-state index in [0.29, 0.717) is 6.42 Å². The molecule has 2 aliphatic rings. The summed E-state index contributed by atoms with van der Waals surface area (Å²) in [5, 5.41) is 9.17. The van der Waals surface area contributed by atoms with Gasteiger partial charge < -0.3 is 5.11 Å². The summed E-state index contributed by atoms with van der Waals surface area (Å²) >= 11 is 0. The van der Waals surface area contributed by atoms with Gasteiger partial charge in [-0.3, -0.25) is 4.79 Å². The van der Waals surface area contributed by atoms with Gasteiger partial charge in [0.15, 0.2) is 0 Å². The molecule has 0 aromatic rings. The van der Waals surface area contributed by atoms with E-state index in [1.54, 1.807) is 6.08 Å². The molecule has 0 saturated heterocycles. The van der Waals surface area contributed by atoms with Crippen LogP contribution in [0.2, 0.25) is 0 Å². The molecule has 0 aliphatic heterocycles. The average molecular weight is 324 g/mol. The van der Waals surface area contributed by atoms with Crippen molar-refractivity contribution in [3.8, 4) is 0 Å². The first-order valence-electron chi connectivity index (χ1n) is 8.31. The lowest BCUT2D eigenvalue weighted by Gasteiger charge is -2.40. The fourth-order valence-electron chi connectivity index (χ4n) is 4.61. The van der Waals surface area contributed by atoms with Crippen LogP contribution in [0, 0.1) is 16.7 Å². The van der Waals surface area contributed by atoms with Crippen molar-refractivity contribution in [3.63, 3.8) is 0 Å². The quantitative estimate of drug-likeness (QED) is 0.639. The van der Waals surface area contributed by atoms with Gasteiger partial charge in [-0.25, -0.2) is 8.78 Å². The number of hydrogen-bond acceptors (Lipinski definition) is 1. The van der Waals surface area contributed by atoms with Gasteiger partial charge in [0.2, 0.25) is 6.43 Å². The second-order valence-electron chi connectivity index (χ2n) is 7.12. The van der Waals surface area contributed by atoms with Gasteiger partial charge >= 0.3 is 5.97 Å². The highest BCUT2D eigenvalue weighted by molar-refractivity contribution is 5.68. The summed E-state index contributed by atoms with van der Waals surface area (Å²) in [5.41, 5.74) is 1.46. The van der Waals surface area contributed by atoms with Crippen molar-refractivity contribution < 1.29 is 18.7 Å². The van der Waals surface area contributed by atoms with Crippen LogP contribution >= 0.6 is 0 Å². The molecule has 1 N–H and O–H groups in total. The van der Waals surface area contributed by atoms with E-state index < -0.39 is 17.8 Å². The van der Waals surface area contributed by atoms with Crippen molar-refractivity contribution in [1.82, 2.24) is 0 Å².